The van der Waals surface area contributed by atoms with Crippen molar-refractivity contribution in [2.75, 3.05) is 29.1 Å². The quantitative estimate of drug-likeness (QED) is 0.851. The van der Waals surface area contributed by atoms with Crippen LogP contribution in [0.15, 0.2) is 28.6 Å². The Kier molecular flexibility index (Phi) is 4.94. The van der Waals surface area contributed by atoms with Gasteiger partial charge in [0.25, 0.3) is 0 Å². The topological polar surface area (TPSA) is 58.1 Å². The lowest BCUT2D eigenvalue weighted by atomic mass is 10.2. The van der Waals surface area contributed by atoms with Gasteiger partial charge in [-0.05, 0) is 44.0 Å². The first-order valence-corrected chi connectivity index (χ1v) is 9.09. The first-order chi connectivity index (χ1) is 10.7. The summed E-state index contributed by atoms with van der Waals surface area (Å²) in [6.07, 6.45) is 2.53. The van der Waals surface area contributed by atoms with Crippen molar-refractivity contribution in [2.45, 2.75) is 24.1 Å². The van der Waals surface area contributed by atoms with Crippen LogP contribution in [-0.2, 0) is 4.79 Å². The van der Waals surface area contributed by atoms with E-state index in [-0.39, 0.29) is 5.91 Å². The molecule has 0 aliphatic carbocycles. The number of carbonyl (C=O) groups excluding carboxylic acids is 1. The van der Waals surface area contributed by atoms with Crippen LogP contribution in [0.3, 0.4) is 0 Å². The largest absolute Gasteiger partial charge is 0.372 e. The predicted octanol–water partition coefficient (Wildman–Crippen LogP) is 3.18. The van der Waals surface area contributed by atoms with Crippen molar-refractivity contribution in [1.82, 2.24) is 10.2 Å². The molecule has 1 aliphatic heterocycles. The maximum absolute atomic E-state index is 11.9. The molecular formula is C15H18N4OS2. The predicted molar refractivity (Wildman–Crippen MR) is 91.9 cm³/mol. The summed E-state index contributed by atoms with van der Waals surface area (Å²) in [5, 5.41) is 11.8. The first kappa shape index (κ1) is 15.3. The van der Waals surface area contributed by atoms with Crippen molar-refractivity contribution in [3.05, 3.63) is 29.3 Å². The number of hydrogen-bond donors (Lipinski definition) is 1. The van der Waals surface area contributed by atoms with Gasteiger partial charge in [-0.15, -0.1) is 10.2 Å². The molecule has 1 amide bonds. The van der Waals surface area contributed by atoms with Crippen LogP contribution < -0.4 is 10.2 Å². The van der Waals surface area contributed by atoms with Gasteiger partial charge in [-0.3, -0.25) is 4.79 Å². The van der Waals surface area contributed by atoms with Crippen LogP contribution >= 0.6 is 23.1 Å². The van der Waals surface area contributed by atoms with Gasteiger partial charge in [0.2, 0.25) is 5.91 Å². The summed E-state index contributed by atoms with van der Waals surface area (Å²) in [5.74, 6) is 0.328. The van der Waals surface area contributed by atoms with Crippen LogP contribution in [0.5, 0.6) is 0 Å². The lowest BCUT2D eigenvalue weighted by Gasteiger charge is -2.17. The number of benzene rings is 1. The highest BCUT2D eigenvalue weighted by Gasteiger charge is 2.12. The Bertz CT molecular complexity index is 635. The van der Waals surface area contributed by atoms with Gasteiger partial charge < -0.3 is 10.2 Å². The minimum Gasteiger partial charge on any atom is -0.372 e. The monoisotopic (exact) mass is 334 g/mol. The average molecular weight is 334 g/mol. The number of thioether (sulfide) groups is 1. The fraction of sp³-hybridized carbons (Fsp3) is 0.400. The molecule has 0 saturated carbocycles. The molecule has 0 spiro atoms. The lowest BCUT2D eigenvalue weighted by molar-refractivity contribution is -0.113. The zero-order valence-corrected chi connectivity index (χ0v) is 14.0. The number of carbonyl (C=O) groups is 1. The summed E-state index contributed by atoms with van der Waals surface area (Å²) in [5.41, 5.74) is 2.07. The molecule has 1 fully saturated rings. The second kappa shape index (κ2) is 7.11. The third-order valence-corrected chi connectivity index (χ3v) is 5.43. The molecule has 1 saturated heterocycles. The molecule has 0 bridgehead atoms. The smallest absolute Gasteiger partial charge is 0.234 e. The van der Waals surface area contributed by atoms with E-state index in [1.54, 1.807) is 0 Å². The molecule has 1 aromatic carbocycles. The SMILES string of the molecule is Cc1nnc(SCC(=O)Nc2ccc(N3CCCC3)cc2)s1. The number of nitrogens with zero attached hydrogens (tertiary/aromatic N) is 3. The Hall–Kier alpha value is -1.60. The number of nitrogens with one attached hydrogen (secondary N) is 1. The fourth-order valence-electron chi connectivity index (χ4n) is 2.39. The molecule has 3 rings (SSSR count). The summed E-state index contributed by atoms with van der Waals surface area (Å²) >= 11 is 2.92. The third-order valence-electron chi connectivity index (χ3n) is 3.46. The number of hydrogen-bond acceptors (Lipinski definition) is 6. The summed E-state index contributed by atoms with van der Waals surface area (Å²) in [6, 6.07) is 8.07. The number of aryl methyl sites for hydroxylation is 1. The molecule has 0 unspecified atom stereocenters. The highest BCUT2D eigenvalue weighted by atomic mass is 32.2. The van der Waals surface area contributed by atoms with E-state index in [4.69, 9.17) is 0 Å². The molecule has 1 aromatic heterocycles. The van der Waals surface area contributed by atoms with E-state index in [1.807, 2.05) is 19.1 Å². The maximum Gasteiger partial charge on any atom is 0.234 e. The van der Waals surface area contributed by atoms with Crippen molar-refractivity contribution in [2.24, 2.45) is 0 Å². The van der Waals surface area contributed by atoms with Crippen LogP contribution in [0.1, 0.15) is 17.8 Å². The van der Waals surface area contributed by atoms with Crippen LogP contribution in [0.2, 0.25) is 0 Å². The molecule has 5 nitrogen and oxygen atoms in total. The van der Waals surface area contributed by atoms with Gasteiger partial charge in [-0.25, -0.2) is 0 Å². The molecule has 2 aromatic rings. The molecule has 0 atom stereocenters. The minimum absolute atomic E-state index is 0.0215. The van der Waals surface area contributed by atoms with E-state index in [0.29, 0.717) is 5.75 Å². The Morgan fingerprint density at radius 3 is 2.64 bits per heavy atom. The Labute approximate surface area is 138 Å². The van der Waals surface area contributed by atoms with E-state index in [1.165, 1.54) is 41.6 Å². The molecule has 116 valence electrons. The standard InChI is InChI=1S/C15H18N4OS2/c1-11-17-18-15(22-11)21-10-14(20)16-12-4-6-13(7-5-12)19-8-2-3-9-19/h4-7H,2-3,8-10H2,1H3,(H,16,20). The Morgan fingerprint density at radius 1 is 1.27 bits per heavy atom. The highest BCUT2D eigenvalue weighted by Crippen LogP contribution is 2.23. The molecule has 1 N–H and O–H groups in total. The summed E-state index contributed by atoms with van der Waals surface area (Å²) in [7, 11) is 0. The second-order valence-corrected chi connectivity index (χ2v) is 7.57. The normalized spacial score (nSPS) is 14.3. The molecule has 7 heteroatoms. The summed E-state index contributed by atoms with van der Waals surface area (Å²) in [6.45, 7) is 4.16. The molecule has 0 radical (unpaired) electrons. The zero-order valence-electron chi connectivity index (χ0n) is 12.4. The molecule has 2 heterocycles. The van der Waals surface area contributed by atoms with E-state index < -0.39 is 0 Å². The number of anilines is 2. The molecular weight excluding hydrogens is 316 g/mol. The second-order valence-electron chi connectivity index (χ2n) is 5.16. The Balaban J connectivity index is 1.50. The fourth-order valence-corrected chi connectivity index (χ4v) is 4.01. The van der Waals surface area contributed by atoms with Gasteiger partial charge in [-0.2, -0.15) is 0 Å². The van der Waals surface area contributed by atoms with E-state index in [2.05, 4.69) is 32.5 Å². The van der Waals surface area contributed by atoms with E-state index in [9.17, 15) is 4.79 Å². The van der Waals surface area contributed by atoms with Crippen molar-refractivity contribution in [1.29, 1.82) is 0 Å². The minimum atomic E-state index is -0.0215. The van der Waals surface area contributed by atoms with Gasteiger partial charge >= 0.3 is 0 Å². The van der Waals surface area contributed by atoms with Crippen LogP contribution in [0.25, 0.3) is 0 Å². The summed E-state index contributed by atoms with van der Waals surface area (Å²) in [4.78, 5) is 14.3. The van der Waals surface area contributed by atoms with Crippen molar-refractivity contribution < 1.29 is 4.79 Å². The third kappa shape index (κ3) is 3.98. The molecule has 1 aliphatic rings. The number of aromatic nitrogens is 2. The first-order valence-electron chi connectivity index (χ1n) is 7.28. The highest BCUT2D eigenvalue weighted by molar-refractivity contribution is 8.01. The van der Waals surface area contributed by atoms with Gasteiger partial charge in [0.1, 0.15) is 5.01 Å². The van der Waals surface area contributed by atoms with Gasteiger partial charge in [-0.1, -0.05) is 23.1 Å². The van der Waals surface area contributed by atoms with Gasteiger partial charge in [0, 0.05) is 24.5 Å². The van der Waals surface area contributed by atoms with E-state index >= 15 is 0 Å². The van der Waals surface area contributed by atoms with Gasteiger partial charge in [0.15, 0.2) is 4.34 Å². The van der Waals surface area contributed by atoms with Crippen molar-refractivity contribution in [3.63, 3.8) is 0 Å². The Morgan fingerprint density at radius 2 is 2.00 bits per heavy atom. The van der Waals surface area contributed by atoms with Crippen molar-refractivity contribution in [3.8, 4) is 0 Å². The summed E-state index contributed by atoms with van der Waals surface area (Å²) < 4.78 is 0.831. The van der Waals surface area contributed by atoms with Crippen LogP contribution in [-0.4, -0.2) is 34.9 Å². The lowest BCUT2D eigenvalue weighted by Crippen LogP contribution is -2.18. The average Bonchev–Trinajstić information content (AvgIpc) is 3.17. The van der Waals surface area contributed by atoms with E-state index in [0.717, 1.165) is 28.1 Å². The van der Waals surface area contributed by atoms with Gasteiger partial charge in [0.05, 0.1) is 5.75 Å². The number of rotatable bonds is 5. The van der Waals surface area contributed by atoms with Crippen LogP contribution in [0, 0.1) is 6.92 Å². The maximum atomic E-state index is 11.9. The van der Waals surface area contributed by atoms with Crippen LogP contribution in [0.4, 0.5) is 11.4 Å². The zero-order chi connectivity index (χ0) is 15.4. The van der Waals surface area contributed by atoms with Crippen molar-refractivity contribution >= 4 is 40.4 Å². The molecule has 22 heavy (non-hydrogen) atoms. The number of amides is 1.